The van der Waals surface area contributed by atoms with E-state index in [1.165, 1.54) is 0 Å². The lowest BCUT2D eigenvalue weighted by Crippen LogP contribution is -2.08. The molecular weight excluding hydrogens is 331 g/mol. The van der Waals surface area contributed by atoms with Crippen molar-refractivity contribution in [3.8, 4) is 5.75 Å². The third-order valence-electron chi connectivity index (χ3n) is 3.03. The molecule has 0 N–H and O–H groups in total. The molecule has 2 rings (SSSR count). The van der Waals surface area contributed by atoms with Crippen molar-refractivity contribution >= 4 is 40.6 Å². The van der Waals surface area contributed by atoms with Crippen molar-refractivity contribution in [2.75, 3.05) is 7.11 Å². The van der Waals surface area contributed by atoms with E-state index in [9.17, 15) is 4.79 Å². The Morgan fingerprint density at radius 1 is 0.952 bits per heavy atom. The summed E-state index contributed by atoms with van der Waals surface area (Å²) in [6.45, 7) is 0. The summed E-state index contributed by atoms with van der Waals surface area (Å²) >= 11 is 17.9. The molecule has 0 unspecified atom stereocenters. The number of methoxy groups -OCH3 is 1. The minimum absolute atomic E-state index is 0.0276. The molecule has 2 aromatic rings. The molecule has 110 valence electrons. The van der Waals surface area contributed by atoms with Crippen LogP contribution in [0.3, 0.4) is 0 Å². The van der Waals surface area contributed by atoms with Crippen molar-refractivity contribution in [2.45, 2.75) is 12.8 Å². The number of Topliss-reactive ketones (excluding diaryl/α,β-unsaturated/α-hetero) is 1. The van der Waals surface area contributed by atoms with Crippen LogP contribution in [0.1, 0.15) is 11.1 Å². The highest BCUT2D eigenvalue weighted by atomic mass is 35.5. The molecule has 0 heterocycles. The summed E-state index contributed by atoms with van der Waals surface area (Å²) in [6.07, 6.45) is 0.481. The lowest BCUT2D eigenvalue weighted by atomic mass is 10.0. The van der Waals surface area contributed by atoms with E-state index in [0.717, 1.165) is 11.1 Å². The number of halogens is 3. The molecule has 0 atom stereocenters. The highest BCUT2D eigenvalue weighted by molar-refractivity contribution is 6.35. The Morgan fingerprint density at radius 2 is 1.57 bits per heavy atom. The average Bonchev–Trinajstić information content (AvgIpc) is 2.42. The van der Waals surface area contributed by atoms with Gasteiger partial charge >= 0.3 is 0 Å². The fraction of sp³-hybridized carbons (Fsp3) is 0.188. The third-order valence-corrected chi connectivity index (χ3v) is 3.85. The van der Waals surface area contributed by atoms with E-state index in [1.54, 1.807) is 43.5 Å². The van der Waals surface area contributed by atoms with Crippen molar-refractivity contribution in [1.29, 1.82) is 0 Å². The molecule has 0 aromatic heterocycles. The predicted molar refractivity (Wildman–Crippen MR) is 86.9 cm³/mol. The van der Waals surface area contributed by atoms with Crippen LogP contribution in [0.25, 0.3) is 0 Å². The molecular formula is C16H13Cl3O2. The zero-order chi connectivity index (χ0) is 15.4. The first-order chi connectivity index (χ1) is 9.99. The molecule has 0 fully saturated rings. The monoisotopic (exact) mass is 342 g/mol. The summed E-state index contributed by atoms with van der Waals surface area (Å²) in [7, 11) is 1.56. The fourth-order valence-electron chi connectivity index (χ4n) is 2.04. The van der Waals surface area contributed by atoms with Crippen LogP contribution in [0.2, 0.25) is 15.1 Å². The highest BCUT2D eigenvalue weighted by Crippen LogP contribution is 2.25. The van der Waals surface area contributed by atoms with Gasteiger partial charge in [-0.2, -0.15) is 0 Å². The van der Waals surface area contributed by atoms with E-state index in [2.05, 4.69) is 0 Å². The molecule has 0 amide bonds. The van der Waals surface area contributed by atoms with Crippen LogP contribution in [-0.2, 0) is 17.6 Å². The number of carbonyl (C=O) groups excluding carboxylic acids is 1. The summed E-state index contributed by atoms with van der Waals surface area (Å²) in [5.41, 5.74) is 1.52. The molecule has 0 radical (unpaired) electrons. The number of ketones is 1. The van der Waals surface area contributed by atoms with E-state index < -0.39 is 0 Å². The summed E-state index contributed by atoms with van der Waals surface area (Å²) in [5, 5.41) is 1.62. The van der Waals surface area contributed by atoms with Gasteiger partial charge in [0, 0.05) is 33.5 Å². The van der Waals surface area contributed by atoms with Gasteiger partial charge in [0.1, 0.15) is 11.5 Å². The first-order valence-corrected chi connectivity index (χ1v) is 7.41. The summed E-state index contributed by atoms with van der Waals surface area (Å²) < 4.78 is 5.24. The van der Waals surface area contributed by atoms with E-state index in [4.69, 9.17) is 39.5 Å². The normalized spacial score (nSPS) is 10.5. The van der Waals surface area contributed by atoms with Crippen LogP contribution in [0.15, 0.2) is 36.4 Å². The molecule has 0 saturated heterocycles. The van der Waals surface area contributed by atoms with Gasteiger partial charge in [-0.3, -0.25) is 4.79 Å². The maximum absolute atomic E-state index is 12.2. The molecule has 0 aliphatic carbocycles. The second-order valence-electron chi connectivity index (χ2n) is 4.58. The van der Waals surface area contributed by atoms with Gasteiger partial charge in [-0.25, -0.2) is 0 Å². The number of benzene rings is 2. The maximum atomic E-state index is 12.2. The smallest absolute Gasteiger partial charge is 0.141 e. The number of hydrogen-bond donors (Lipinski definition) is 0. The van der Waals surface area contributed by atoms with Crippen molar-refractivity contribution in [3.63, 3.8) is 0 Å². The van der Waals surface area contributed by atoms with Gasteiger partial charge < -0.3 is 4.74 Å². The highest BCUT2D eigenvalue weighted by Gasteiger charge is 2.12. The van der Waals surface area contributed by atoms with Crippen molar-refractivity contribution < 1.29 is 9.53 Å². The molecule has 0 bridgehead atoms. The topological polar surface area (TPSA) is 26.3 Å². The molecule has 2 aromatic carbocycles. The van der Waals surface area contributed by atoms with Crippen LogP contribution in [0.4, 0.5) is 0 Å². The molecule has 21 heavy (non-hydrogen) atoms. The van der Waals surface area contributed by atoms with Crippen molar-refractivity contribution in [2.24, 2.45) is 0 Å². The SMILES string of the molecule is COc1ccc(Cl)cc1CC(=O)Cc1ccc(Cl)cc1Cl. The molecule has 0 aliphatic heterocycles. The van der Waals surface area contributed by atoms with Crippen LogP contribution in [-0.4, -0.2) is 12.9 Å². The number of ether oxygens (including phenoxy) is 1. The van der Waals surface area contributed by atoms with Gasteiger partial charge in [-0.1, -0.05) is 40.9 Å². The van der Waals surface area contributed by atoms with E-state index in [1.807, 2.05) is 0 Å². The number of carbonyl (C=O) groups is 1. The predicted octanol–water partition coefficient (Wildman–Crippen LogP) is 5.01. The first-order valence-electron chi connectivity index (χ1n) is 6.27. The zero-order valence-corrected chi connectivity index (χ0v) is 13.6. The minimum Gasteiger partial charge on any atom is -0.496 e. The van der Waals surface area contributed by atoms with Crippen LogP contribution in [0.5, 0.6) is 5.75 Å². The molecule has 0 aliphatic rings. The number of hydrogen-bond acceptors (Lipinski definition) is 2. The van der Waals surface area contributed by atoms with Crippen LogP contribution < -0.4 is 4.74 Å². The summed E-state index contributed by atoms with van der Waals surface area (Å²) in [6, 6.07) is 10.3. The van der Waals surface area contributed by atoms with Gasteiger partial charge in [0.15, 0.2) is 0 Å². The van der Waals surface area contributed by atoms with Crippen molar-refractivity contribution in [1.82, 2.24) is 0 Å². The molecule has 0 saturated carbocycles. The second kappa shape index (κ2) is 7.17. The third kappa shape index (κ3) is 4.37. The lowest BCUT2D eigenvalue weighted by Gasteiger charge is -2.09. The Bertz CT molecular complexity index is 669. The van der Waals surface area contributed by atoms with Crippen molar-refractivity contribution in [3.05, 3.63) is 62.6 Å². The van der Waals surface area contributed by atoms with E-state index in [-0.39, 0.29) is 18.6 Å². The van der Waals surface area contributed by atoms with E-state index in [0.29, 0.717) is 20.8 Å². The maximum Gasteiger partial charge on any atom is 0.141 e. The van der Waals surface area contributed by atoms with Gasteiger partial charge in [0.25, 0.3) is 0 Å². The second-order valence-corrected chi connectivity index (χ2v) is 5.86. The standard InChI is InChI=1S/C16H13Cl3O2/c1-21-16-5-4-12(17)6-11(16)8-14(20)7-10-2-3-13(18)9-15(10)19/h2-6,9H,7-8H2,1H3. The molecule has 2 nitrogen and oxygen atoms in total. The molecule has 5 heteroatoms. The summed E-state index contributed by atoms with van der Waals surface area (Å²) in [5.74, 6) is 0.676. The fourth-order valence-corrected chi connectivity index (χ4v) is 2.71. The van der Waals surface area contributed by atoms with Gasteiger partial charge in [-0.15, -0.1) is 0 Å². The van der Waals surface area contributed by atoms with Gasteiger partial charge in [0.05, 0.1) is 7.11 Å². The zero-order valence-electron chi connectivity index (χ0n) is 11.3. The van der Waals surface area contributed by atoms with Crippen LogP contribution in [0, 0.1) is 0 Å². The summed E-state index contributed by atoms with van der Waals surface area (Å²) in [4.78, 5) is 12.2. The Hall–Kier alpha value is -1.22. The van der Waals surface area contributed by atoms with Gasteiger partial charge in [-0.05, 0) is 35.9 Å². The Labute approximate surface area is 138 Å². The van der Waals surface area contributed by atoms with Gasteiger partial charge in [0.2, 0.25) is 0 Å². The Balaban J connectivity index is 2.13. The lowest BCUT2D eigenvalue weighted by molar-refractivity contribution is -0.117. The number of rotatable bonds is 5. The average molecular weight is 344 g/mol. The minimum atomic E-state index is 0.0276. The van der Waals surface area contributed by atoms with Crippen LogP contribution >= 0.6 is 34.8 Å². The first kappa shape index (κ1) is 16.2. The largest absolute Gasteiger partial charge is 0.496 e. The van der Waals surface area contributed by atoms with E-state index >= 15 is 0 Å². The molecule has 0 spiro atoms. The quantitative estimate of drug-likeness (QED) is 0.763. The Morgan fingerprint density at radius 3 is 2.24 bits per heavy atom. The Kier molecular flexibility index (Phi) is 5.51.